The molecule has 136 valence electrons. The van der Waals surface area contributed by atoms with Gasteiger partial charge in [0.05, 0.1) is 0 Å². The highest BCUT2D eigenvalue weighted by atomic mass is 35.5. The van der Waals surface area contributed by atoms with E-state index in [0.717, 1.165) is 23.4 Å². The van der Waals surface area contributed by atoms with Crippen molar-refractivity contribution in [2.75, 3.05) is 21.1 Å². The summed E-state index contributed by atoms with van der Waals surface area (Å²) in [5.74, 6) is 0.546. The van der Waals surface area contributed by atoms with Crippen LogP contribution in [0.25, 0.3) is 0 Å². The number of rotatable bonds is 6. The Bertz CT molecular complexity index is 658. The van der Waals surface area contributed by atoms with Crippen LogP contribution in [-0.4, -0.2) is 32.1 Å². The van der Waals surface area contributed by atoms with Gasteiger partial charge in [0.2, 0.25) is 0 Å². The second-order valence-corrected chi connectivity index (χ2v) is 6.27. The number of amides is 1. The van der Waals surface area contributed by atoms with Gasteiger partial charge in [-0.3, -0.25) is 0 Å². The fraction of sp³-hybridized carbons (Fsp3) is 0.316. The van der Waals surface area contributed by atoms with Crippen LogP contribution in [0.1, 0.15) is 23.6 Å². The molecule has 1 unspecified atom stereocenters. The van der Waals surface area contributed by atoms with E-state index in [9.17, 15) is 4.79 Å². The first kappa shape index (κ1) is 21.3. The normalized spacial score (nSPS) is 11.4. The molecule has 0 saturated heterocycles. The van der Waals surface area contributed by atoms with Gasteiger partial charge in [0.15, 0.2) is 0 Å². The molecule has 0 spiro atoms. The molecule has 6 heteroatoms. The monoisotopic (exact) mass is 382 g/mol. The van der Waals surface area contributed by atoms with E-state index in [1.165, 1.54) is 10.5 Å². The van der Waals surface area contributed by atoms with E-state index in [2.05, 4.69) is 17.4 Å². The van der Waals surface area contributed by atoms with Crippen LogP contribution in [0.5, 0.6) is 5.75 Å². The first-order valence-corrected chi connectivity index (χ1v) is 8.28. The largest absolute Gasteiger partial charge is 0.414 e. The Kier molecular flexibility index (Phi) is 8.76. The third-order valence-corrected chi connectivity index (χ3v) is 4.09. The van der Waals surface area contributed by atoms with Crippen LogP contribution < -0.4 is 10.1 Å². The van der Waals surface area contributed by atoms with E-state index < -0.39 is 0 Å². The van der Waals surface area contributed by atoms with Gasteiger partial charge in [0.1, 0.15) is 5.75 Å². The Morgan fingerprint density at radius 1 is 1.12 bits per heavy atom. The van der Waals surface area contributed by atoms with Crippen molar-refractivity contribution in [1.29, 1.82) is 0 Å². The second kappa shape index (κ2) is 10.3. The molecule has 0 saturated carbocycles. The molecule has 1 amide bonds. The molecule has 0 aromatic heterocycles. The summed E-state index contributed by atoms with van der Waals surface area (Å²) in [5, 5.41) is 4.09. The second-order valence-electron chi connectivity index (χ2n) is 5.84. The van der Waals surface area contributed by atoms with Crippen LogP contribution in [0, 0.1) is 0 Å². The topological polar surface area (TPSA) is 41.6 Å². The zero-order chi connectivity index (χ0) is 17.5. The van der Waals surface area contributed by atoms with Gasteiger partial charge >= 0.3 is 6.09 Å². The summed E-state index contributed by atoms with van der Waals surface area (Å²) in [5.41, 5.74) is 2.42. The maximum absolute atomic E-state index is 11.6. The van der Waals surface area contributed by atoms with E-state index in [1.54, 1.807) is 14.1 Å². The molecule has 0 fully saturated rings. The molecule has 0 aliphatic carbocycles. The van der Waals surface area contributed by atoms with Gasteiger partial charge in [-0.1, -0.05) is 35.9 Å². The average Bonchev–Trinajstić information content (AvgIpc) is 2.58. The number of carbonyl (C=O) groups is 1. The summed E-state index contributed by atoms with van der Waals surface area (Å²) in [6.45, 7) is 0. The molecule has 0 radical (unpaired) electrons. The van der Waals surface area contributed by atoms with Crippen LogP contribution in [-0.2, 0) is 6.42 Å². The molecule has 0 heterocycles. The predicted molar refractivity (Wildman–Crippen MR) is 105 cm³/mol. The molecular weight excluding hydrogens is 359 g/mol. The van der Waals surface area contributed by atoms with Gasteiger partial charge in [-0.2, -0.15) is 0 Å². The maximum atomic E-state index is 11.6. The van der Waals surface area contributed by atoms with Crippen LogP contribution in [0.2, 0.25) is 5.02 Å². The molecule has 25 heavy (non-hydrogen) atoms. The van der Waals surface area contributed by atoms with Gasteiger partial charge in [-0.25, -0.2) is 4.79 Å². The number of aryl methyl sites for hydroxylation is 1. The van der Waals surface area contributed by atoms with Gasteiger partial charge in [0.25, 0.3) is 0 Å². The molecule has 0 bridgehead atoms. The first-order valence-electron chi connectivity index (χ1n) is 7.90. The third-order valence-electron chi connectivity index (χ3n) is 3.84. The van der Waals surface area contributed by atoms with Crippen molar-refractivity contribution in [3.05, 3.63) is 64.7 Å². The lowest BCUT2D eigenvalue weighted by Gasteiger charge is -2.17. The van der Waals surface area contributed by atoms with Crippen molar-refractivity contribution < 1.29 is 9.53 Å². The van der Waals surface area contributed by atoms with E-state index in [1.807, 2.05) is 43.4 Å². The van der Waals surface area contributed by atoms with E-state index >= 15 is 0 Å². The quantitative estimate of drug-likeness (QED) is 0.785. The van der Waals surface area contributed by atoms with Crippen molar-refractivity contribution in [2.24, 2.45) is 0 Å². The number of halogens is 2. The summed E-state index contributed by atoms with van der Waals surface area (Å²) in [7, 11) is 5.27. The molecule has 2 rings (SSSR count). The number of benzene rings is 2. The highest BCUT2D eigenvalue weighted by Gasteiger charge is 2.11. The minimum atomic E-state index is -0.379. The lowest BCUT2D eigenvalue weighted by molar-refractivity contribution is 0.172. The summed E-state index contributed by atoms with van der Waals surface area (Å²) in [6, 6.07) is 15.8. The average molecular weight is 383 g/mol. The van der Waals surface area contributed by atoms with Crippen LogP contribution in [0.4, 0.5) is 4.79 Å². The maximum Gasteiger partial charge on any atom is 0.414 e. The van der Waals surface area contributed by atoms with Crippen molar-refractivity contribution in [2.45, 2.75) is 18.9 Å². The smallest absolute Gasteiger partial charge is 0.410 e. The molecule has 2 aromatic carbocycles. The Morgan fingerprint density at radius 3 is 2.24 bits per heavy atom. The lowest BCUT2D eigenvalue weighted by Crippen LogP contribution is -2.25. The molecule has 4 nitrogen and oxygen atoms in total. The Labute approximate surface area is 160 Å². The van der Waals surface area contributed by atoms with Gasteiger partial charge < -0.3 is 15.0 Å². The molecule has 0 aliphatic rings. The standard InChI is InChI=1S/C19H23ClN2O2.ClH/c1-21-18(13-6-14-4-9-16(20)10-5-14)15-7-11-17(12-8-15)24-19(23)22(2)3;/h4-5,7-12,18,21H,6,13H2,1-3H3;1H. The minimum absolute atomic E-state index is 0. The van der Waals surface area contributed by atoms with Crippen molar-refractivity contribution in [3.63, 3.8) is 0 Å². The molecule has 1 N–H and O–H groups in total. The Morgan fingerprint density at radius 2 is 1.72 bits per heavy atom. The first-order chi connectivity index (χ1) is 11.5. The van der Waals surface area contributed by atoms with Crippen molar-refractivity contribution in [3.8, 4) is 5.75 Å². The third kappa shape index (κ3) is 6.58. The summed E-state index contributed by atoms with van der Waals surface area (Å²) < 4.78 is 5.24. The van der Waals surface area contributed by atoms with Gasteiger partial charge in [0, 0.05) is 25.2 Å². The number of hydrogen-bond acceptors (Lipinski definition) is 3. The van der Waals surface area contributed by atoms with Crippen molar-refractivity contribution in [1.82, 2.24) is 10.2 Å². The van der Waals surface area contributed by atoms with Crippen molar-refractivity contribution >= 4 is 30.1 Å². The molecule has 0 aliphatic heterocycles. The van der Waals surface area contributed by atoms with Crippen LogP contribution in [0.15, 0.2) is 48.5 Å². The van der Waals surface area contributed by atoms with Gasteiger partial charge in [-0.05, 0) is 55.3 Å². The molecule has 1 atom stereocenters. The zero-order valence-electron chi connectivity index (χ0n) is 14.7. The summed E-state index contributed by atoms with van der Waals surface area (Å²) in [6.07, 6.45) is 1.55. The SMILES string of the molecule is CNC(CCc1ccc(Cl)cc1)c1ccc(OC(=O)N(C)C)cc1.Cl. The number of carbonyl (C=O) groups excluding carboxylic acids is 1. The highest BCUT2D eigenvalue weighted by Crippen LogP contribution is 2.22. The van der Waals surface area contributed by atoms with E-state index in [-0.39, 0.29) is 24.5 Å². The van der Waals surface area contributed by atoms with Crippen LogP contribution >= 0.6 is 24.0 Å². The van der Waals surface area contributed by atoms with E-state index in [0.29, 0.717) is 5.75 Å². The minimum Gasteiger partial charge on any atom is -0.410 e. The predicted octanol–water partition coefficient (Wildman–Crippen LogP) is 4.72. The molecular formula is C19H24Cl2N2O2. The van der Waals surface area contributed by atoms with Gasteiger partial charge in [-0.15, -0.1) is 12.4 Å². The number of hydrogen-bond donors (Lipinski definition) is 1. The Hall–Kier alpha value is -1.75. The summed E-state index contributed by atoms with van der Waals surface area (Å²) in [4.78, 5) is 13.0. The fourth-order valence-electron chi connectivity index (χ4n) is 2.40. The highest BCUT2D eigenvalue weighted by molar-refractivity contribution is 6.30. The molecule has 2 aromatic rings. The summed E-state index contributed by atoms with van der Waals surface area (Å²) >= 11 is 5.92. The van der Waals surface area contributed by atoms with Crippen LogP contribution in [0.3, 0.4) is 0 Å². The van der Waals surface area contributed by atoms with E-state index in [4.69, 9.17) is 16.3 Å². The lowest BCUT2D eigenvalue weighted by atomic mass is 9.99. The number of nitrogens with one attached hydrogen (secondary N) is 1. The number of ether oxygens (including phenoxy) is 1. The zero-order valence-corrected chi connectivity index (χ0v) is 16.2. The Balaban J connectivity index is 0.00000312. The fourth-order valence-corrected chi connectivity index (χ4v) is 2.53. The number of nitrogens with zero attached hydrogens (tertiary/aromatic N) is 1.